The Balaban J connectivity index is 1.12. The predicted molar refractivity (Wildman–Crippen MR) is 288 cm³/mol. The minimum absolute atomic E-state index is 0.132. The zero-order valence-corrected chi connectivity index (χ0v) is 38.7. The molecular weight excluding hydrogens is 828 g/mol. The maximum absolute atomic E-state index is 2.71. The maximum atomic E-state index is 2.71. The molecule has 67 heavy (non-hydrogen) atoms. The Hall–Kier alpha value is -7.66. The highest BCUT2D eigenvalue weighted by Gasteiger charge is 2.47. The molecule has 0 saturated heterocycles. The fraction of sp³-hybridized carbons (Fsp3) is 0.0794. The molecule has 1 aliphatic carbocycles. The molecular formula is C63H45BN2S. The molecule has 2 nitrogen and oxygen atoms in total. The van der Waals surface area contributed by atoms with Gasteiger partial charge in [0, 0.05) is 59.6 Å². The van der Waals surface area contributed by atoms with Gasteiger partial charge in [0.15, 0.2) is 0 Å². The summed E-state index contributed by atoms with van der Waals surface area (Å²) in [5, 5.41) is 5.11. The van der Waals surface area contributed by atoms with Crippen molar-refractivity contribution in [2.24, 2.45) is 0 Å². The number of fused-ring (bicyclic) bond motifs is 11. The number of benzene rings is 10. The van der Waals surface area contributed by atoms with Crippen LogP contribution in [0.4, 0.5) is 28.4 Å². The fourth-order valence-electron chi connectivity index (χ4n) is 12.0. The molecule has 0 unspecified atom stereocenters. The maximum Gasteiger partial charge on any atom is 0.333 e. The third-order valence-electron chi connectivity index (χ3n) is 15.3. The summed E-state index contributed by atoms with van der Waals surface area (Å²) in [4.78, 5) is 5.33. The van der Waals surface area contributed by atoms with E-state index >= 15 is 0 Å². The highest BCUT2D eigenvalue weighted by Crippen LogP contribution is 2.54. The van der Waals surface area contributed by atoms with E-state index in [4.69, 9.17) is 0 Å². The lowest BCUT2D eigenvalue weighted by atomic mass is 9.43. The first-order valence-corrected chi connectivity index (χ1v) is 24.3. The predicted octanol–water partition coefficient (Wildman–Crippen LogP) is 16.2. The van der Waals surface area contributed by atoms with Gasteiger partial charge in [-0.3, -0.25) is 0 Å². The fourth-order valence-corrected chi connectivity index (χ4v) is 13.1. The molecule has 2 aliphatic heterocycles. The van der Waals surface area contributed by atoms with Gasteiger partial charge < -0.3 is 9.71 Å². The first kappa shape index (κ1) is 38.6. The molecule has 4 heteroatoms. The van der Waals surface area contributed by atoms with Gasteiger partial charge in [-0.05, 0) is 157 Å². The molecule has 316 valence electrons. The average molecular weight is 873 g/mol. The second-order valence-corrected chi connectivity index (χ2v) is 20.5. The van der Waals surface area contributed by atoms with E-state index in [1.807, 2.05) is 11.3 Å². The molecule has 0 spiro atoms. The molecule has 10 aromatic carbocycles. The van der Waals surface area contributed by atoms with Crippen molar-refractivity contribution in [3.05, 3.63) is 222 Å². The van der Waals surface area contributed by atoms with E-state index < -0.39 is 0 Å². The van der Waals surface area contributed by atoms with E-state index in [1.165, 1.54) is 137 Å². The van der Waals surface area contributed by atoms with E-state index in [1.54, 1.807) is 0 Å². The van der Waals surface area contributed by atoms with Crippen LogP contribution in [0.15, 0.2) is 200 Å². The highest BCUT2D eigenvalue weighted by atomic mass is 32.1. The van der Waals surface area contributed by atoms with Crippen molar-refractivity contribution in [2.45, 2.75) is 33.1 Å². The van der Waals surface area contributed by atoms with Crippen molar-refractivity contribution in [1.29, 1.82) is 0 Å². The normalized spacial score (nSPS) is 14.0. The Bertz CT molecular complexity index is 3900. The molecule has 3 heterocycles. The van der Waals surface area contributed by atoms with Crippen molar-refractivity contribution < 1.29 is 0 Å². The Labute approximate surface area is 396 Å². The molecule has 0 N–H and O–H groups in total. The van der Waals surface area contributed by atoms with Crippen LogP contribution in [0.2, 0.25) is 0 Å². The second-order valence-electron chi connectivity index (χ2n) is 19.4. The Kier molecular flexibility index (Phi) is 8.17. The van der Waals surface area contributed by atoms with Gasteiger partial charge in [0.05, 0.1) is 0 Å². The zero-order valence-electron chi connectivity index (χ0n) is 37.9. The highest BCUT2D eigenvalue weighted by molar-refractivity contribution is 7.26. The van der Waals surface area contributed by atoms with Gasteiger partial charge in [0.1, 0.15) is 0 Å². The van der Waals surface area contributed by atoms with E-state index in [0.717, 1.165) is 0 Å². The topological polar surface area (TPSA) is 6.48 Å². The summed E-state index contributed by atoms with van der Waals surface area (Å²) in [7, 11) is 0. The van der Waals surface area contributed by atoms with Gasteiger partial charge in [-0.15, -0.1) is 11.3 Å². The zero-order chi connectivity index (χ0) is 44.7. The van der Waals surface area contributed by atoms with Crippen LogP contribution in [0, 0.1) is 13.8 Å². The monoisotopic (exact) mass is 872 g/mol. The van der Waals surface area contributed by atoms with Crippen LogP contribution in [0.1, 0.15) is 36.1 Å². The van der Waals surface area contributed by atoms with E-state index in [0.29, 0.717) is 0 Å². The summed E-state index contributed by atoms with van der Waals surface area (Å²) >= 11 is 1.90. The number of anilines is 5. The van der Waals surface area contributed by atoms with Gasteiger partial charge in [-0.2, -0.15) is 0 Å². The molecule has 11 aromatic rings. The van der Waals surface area contributed by atoms with Gasteiger partial charge in [-0.1, -0.05) is 153 Å². The molecule has 0 amide bonds. The van der Waals surface area contributed by atoms with Crippen LogP contribution in [-0.2, 0) is 5.41 Å². The lowest BCUT2D eigenvalue weighted by Gasteiger charge is -2.46. The van der Waals surface area contributed by atoms with Crippen molar-refractivity contribution in [1.82, 2.24) is 0 Å². The average Bonchev–Trinajstić information content (AvgIpc) is 3.84. The van der Waals surface area contributed by atoms with Crippen LogP contribution >= 0.6 is 11.3 Å². The van der Waals surface area contributed by atoms with Gasteiger partial charge in [0.25, 0.3) is 0 Å². The molecule has 0 atom stereocenters. The summed E-state index contributed by atoms with van der Waals surface area (Å²) in [5.41, 5.74) is 24.0. The number of nitrogens with zero attached hydrogens (tertiary/aromatic N) is 2. The lowest BCUT2D eigenvalue weighted by Crippen LogP contribution is -2.61. The van der Waals surface area contributed by atoms with Crippen LogP contribution in [0.3, 0.4) is 0 Å². The van der Waals surface area contributed by atoms with Crippen LogP contribution < -0.4 is 20.6 Å². The third-order valence-corrected chi connectivity index (χ3v) is 16.4. The summed E-state index contributed by atoms with van der Waals surface area (Å²) in [6.07, 6.45) is 0. The molecule has 3 aliphatic rings. The largest absolute Gasteiger partial charge is 0.376 e. The molecule has 0 radical (unpaired) electrons. The van der Waals surface area contributed by atoms with Crippen LogP contribution in [0.5, 0.6) is 0 Å². The summed E-state index contributed by atoms with van der Waals surface area (Å²) in [6.45, 7) is 9.21. The lowest BCUT2D eigenvalue weighted by molar-refractivity contribution is 0.660. The first-order valence-electron chi connectivity index (χ1n) is 23.5. The van der Waals surface area contributed by atoms with E-state index in [2.05, 4.69) is 238 Å². The smallest absolute Gasteiger partial charge is 0.333 e. The summed E-state index contributed by atoms with van der Waals surface area (Å²) in [6, 6.07) is 75.9. The first-order chi connectivity index (χ1) is 32.8. The van der Waals surface area contributed by atoms with E-state index in [-0.39, 0.29) is 12.3 Å². The molecule has 0 bridgehead atoms. The quantitative estimate of drug-likeness (QED) is 0.163. The minimum Gasteiger partial charge on any atom is -0.376 e. The minimum atomic E-state index is -0.151. The Morgan fingerprint density at radius 1 is 0.418 bits per heavy atom. The third kappa shape index (κ3) is 5.57. The van der Waals surface area contributed by atoms with Crippen molar-refractivity contribution in [2.75, 3.05) is 9.71 Å². The summed E-state index contributed by atoms with van der Waals surface area (Å²) < 4.78 is 2.61. The second kappa shape index (κ2) is 14.2. The van der Waals surface area contributed by atoms with Gasteiger partial charge in [-0.25, -0.2) is 0 Å². The van der Waals surface area contributed by atoms with Crippen molar-refractivity contribution in [3.63, 3.8) is 0 Å². The van der Waals surface area contributed by atoms with Crippen LogP contribution in [0.25, 0.3) is 75.5 Å². The standard InChI is InChI=1S/C63H45BN2S/c1-38-16-8-11-21-46(38)44-32-52-50-31-41-19-9-10-20-42(41)33-57(50)66(45-27-28-48-47-22-12-14-24-53(47)63(3,4)54(48)35-45)64-55-36-51-49-23-13-15-25-60(49)67-61(51)37-58(55)65(59(34-44)62(52)64)56-29-26-43(30-39(56)2)40-17-6-5-7-18-40/h5-37H,1-4H3. The molecule has 1 aromatic heterocycles. The molecule has 0 saturated carbocycles. The number of hydrogen-bond acceptors (Lipinski definition) is 3. The Morgan fingerprint density at radius 3 is 1.99 bits per heavy atom. The van der Waals surface area contributed by atoms with Crippen LogP contribution in [-0.4, -0.2) is 6.85 Å². The van der Waals surface area contributed by atoms with Crippen molar-refractivity contribution in [3.8, 4) is 44.5 Å². The van der Waals surface area contributed by atoms with Gasteiger partial charge >= 0.3 is 6.85 Å². The Morgan fingerprint density at radius 2 is 1.15 bits per heavy atom. The van der Waals surface area contributed by atoms with E-state index in [9.17, 15) is 0 Å². The number of aryl methyl sites for hydroxylation is 2. The van der Waals surface area contributed by atoms with Crippen molar-refractivity contribution >= 4 is 88.5 Å². The molecule has 0 fully saturated rings. The number of rotatable bonds is 4. The summed E-state index contributed by atoms with van der Waals surface area (Å²) in [5.74, 6) is 0. The van der Waals surface area contributed by atoms with Gasteiger partial charge in [0.2, 0.25) is 0 Å². The number of thiophene rings is 1. The molecule has 14 rings (SSSR count). The number of hydrogen-bond donors (Lipinski definition) is 0. The SMILES string of the molecule is Cc1ccccc1-c1cc2c3c(c1)N(c1ccc(-c4ccccc4)cc1C)c1cc4sc5ccccc5c4cc1B3N(c1ccc3c(c1)C(C)(C)c1ccccc1-3)c1cc3ccccc3cc1-2.